The van der Waals surface area contributed by atoms with Crippen molar-refractivity contribution in [3.63, 3.8) is 0 Å². The summed E-state index contributed by atoms with van der Waals surface area (Å²) in [5, 5.41) is 17.3. The summed E-state index contributed by atoms with van der Waals surface area (Å²) < 4.78 is 11.0. The predicted molar refractivity (Wildman–Crippen MR) is 151 cm³/mol. The fourth-order valence-corrected chi connectivity index (χ4v) is 5.48. The first kappa shape index (κ1) is 28.8. The van der Waals surface area contributed by atoms with Gasteiger partial charge in [-0.3, -0.25) is 14.5 Å². The molecule has 0 radical (unpaired) electrons. The summed E-state index contributed by atoms with van der Waals surface area (Å²) in [5.74, 6) is 1.48. The summed E-state index contributed by atoms with van der Waals surface area (Å²) in [6.07, 6.45) is 5.88. The lowest BCUT2D eigenvalue weighted by Gasteiger charge is -2.32. The van der Waals surface area contributed by atoms with Gasteiger partial charge < -0.3 is 29.8 Å². The van der Waals surface area contributed by atoms with E-state index in [9.17, 15) is 14.7 Å². The van der Waals surface area contributed by atoms with Crippen LogP contribution in [0.1, 0.15) is 47.1 Å². The van der Waals surface area contributed by atoms with Crippen LogP contribution in [0.15, 0.2) is 41.5 Å². The molecule has 1 atom stereocenters. The van der Waals surface area contributed by atoms with Crippen molar-refractivity contribution in [3.8, 4) is 5.75 Å². The van der Waals surface area contributed by atoms with Crippen molar-refractivity contribution in [2.24, 2.45) is 0 Å². The summed E-state index contributed by atoms with van der Waals surface area (Å²) >= 11 is 6.63. The highest BCUT2D eigenvalue weighted by atomic mass is 35.5. The van der Waals surface area contributed by atoms with Gasteiger partial charge in [-0.25, -0.2) is 15.0 Å². The molecule has 1 fully saturated rings. The number of β-amino-alcohol motifs (C(OH)–C–C–N with tert-alkyl or cyclic N) is 1. The summed E-state index contributed by atoms with van der Waals surface area (Å²) in [6.45, 7) is 5.06. The zero-order chi connectivity index (χ0) is 28.8. The van der Waals surface area contributed by atoms with Gasteiger partial charge in [0.1, 0.15) is 30.2 Å². The Morgan fingerprint density at radius 3 is 2.83 bits per heavy atom. The molecule has 13 heteroatoms. The number of carbonyl (C=O) groups is 2. The third-order valence-electron chi connectivity index (χ3n) is 7.39. The maximum atomic E-state index is 12.7. The number of nitrogens with one attached hydrogen (secondary N) is 2. The number of piperidine rings is 1. The van der Waals surface area contributed by atoms with Crippen LogP contribution < -0.4 is 15.4 Å². The van der Waals surface area contributed by atoms with E-state index in [0.29, 0.717) is 48.5 Å². The molecule has 3 aromatic rings. The highest BCUT2D eigenvalue weighted by molar-refractivity contribution is 6.33. The lowest BCUT2D eigenvalue weighted by molar-refractivity contribution is -0.129. The first-order valence-corrected chi connectivity index (χ1v) is 14.1. The Labute approximate surface area is 243 Å². The Morgan fingerprint density at radius 1 is 1.24 bits per heavy atom. The van der Waals surface area contributed by atoms with Gasteiger partial charge in [0.05, 0.1) is 17.3 Å². The number of nitrogens with zero attached hydrogens (tertiary/aromatic N) is 5. The molecule has 2 aliphatic heterocycles. The summed E-state index contributed by atoms with van der Waals surface area (Å²) in [7, 11) is 0. The molecule has 2 amide bonds. The molecule has 2 aromatic heterocycles. The molecule has 218 valence electrons. The number of hydrogen-bond donors (Lipinski definition) is 3. The maximum absolute atomic E-state index is 12.7. The zero-order valence-electron chi connectivity index (χ0n) is 22.9. The topological polar surface area (TPSA) is 146 Å². The molecule has 1 aromatic carbocycles. The van der Waals surface area contributed by atoms with Crippen molar-refractivity contribution in [2.45, 2.75) is 51.5 Å². The average molecular weight is 584 g/mol. The van der Waals surface area contributed by atoms with Crippen molar-refractivity contribution in [3.05, 3.63) is 64.7 Å². The van der Waals surface area contributed by atoms with Gasteiger partial charge >= 0.3 is 0 Å². The van der Waals surface area contributed by atoms with Crippen LogP contribution in [0.25, 0.3) is 0 Å². The predicted octanol–water partition coefficient (Wildman–Crippen LogP) is 2.27. The fraction of sp³-hybridized carbons (Fsp3) is 0.464. The highest BCUT2D eigenvalue weighted by Crippen LogP contribution is 2.34. The minimum Gasteiger partial charge on any atom is -0.484 e. The Bertz CT molecular complexity index is 1350. The number of amides is 2. The third-order valence-corrected chi connectivity index (χ3v) is 7.80. The van der Waals surface area contributed by atoms with E-state index in [-0.39, 0.29) is 36.7 Å². The van der Waals surface area contributed by atoms with E-state index in [1.807, 2.05) is 17.0 Å². The van der Waals surface area contributed by atoms with Gasteiger partial charge in [-0.1, -0.05) is 17.7 Å². The maximum Gasteiger partial charge on any atom is 0.270 e. The van der Waals surface area contributed by atoms with Crippen LogP contribution in [0, 0.1) is 0 Å². The van der Waals surface area contributed by atoms with Gasteiger partial charge in [-0.05, 0) is 36.5 Å². The van der Waals surface area contributed by atoms with Crippen LogP contribution in [-0.2, 0) is 24.4 Å². The van der Waals surface area contributed by atoms with Gasteiger partial charge in [0.2, 0.25) is 5.91 Å². The van der Waals surface area contributed by atoms with Crippen LogP contribution in [0.3, 0.4) is 0 Å². The average Bonchev–Trinajstić information content (AvgIpc) is 3.50. The normalized spacial score (nSPS) is 16.6. The first-order valence-electron chi connectivity index (χ1n) is 13.7. The molecule has 0 bridgehead atoms. The van der Waals surface area contributed by atoms with Gasteiger partial charge in [-0.15, -0.1) is 0 Å². The SMILES string of the molecule is CC(=O)N1CCC(Nc2cc(C(=O)NC[C@H](O)CN3CCc4c(ccc(OCc5cnco5)c4Cl)C3)ncn2)CC1. The Hall–Kier alpha value is -3.74. The molecule has 2 aliphatic rings. The van der Waals surface area contributed by atoms with Crippen molar-refractivity contribution >= 4 is 29.2 Å². The summed E-state index contributed by atoms with van der Waals surface area (Å²) in [5.41, 5.74) is 2.34. The van der Waals surface area contributed by atoms with E-state index in [0.717, 1.165) is 36.9 Å². The number of aromatic nitrogens is 3. The van der Waals surface area contributed by atoms with Crippen molar-refractivity contribution in [2.75, 3.05) is 38.0 Å². The highest BCUT2D eigenvalue weighted by Gasteiger charge is 2.24. The number of aliphatic hydroxyl groups excluding tert-OH is 1. The monoisotopic (exact) mass is 583 g/mol. The second-order valence-electron chi connectivity index (χ2n) is 10.3. The van der Waals surface area contributed by atoms with E-state index in [2.05, 4.69) is 30.5 Å². The molecular formula is C28H34ClN7O5. The Morgan fingerprint density at radius 2 is 2.07 bits per heavy atom. The number of oxazole rings is 1. The number of anilines is 1. The number of ether oxygens (including phenoxy) is 1. The van der Waals surface area contributed by atoms with Gasteiger partial charge in [0.25, 0.3) is 5.91 Å². The molecule has 4 heterocycles. The van der Waals surface area contributed by atoms with Crippen LogP contribution in [0.2, 0.25) is 5.02 Å². The van der Waals surface area contributed by atoms with Gasteiger partial charge in [0.15, 0.2) is 12.2 Å². The lowest BCUT2D eigenvalue weighted by Crippen LogP contribution is -2.42. The molecule has 5 rings (SSSR count). The van der Waals surface area contributed by atoms with Gasteiger partial charge in [0, 0.05) is 58.3 Å². The standard InChI is InChI=1S/C28H34ClN7O5/c1-18(37)36-8-4-20(5-9-36)34-26-10-24(32-16-33-26)28(39)31-11-21(38)14-35-7-6-23-19(13-35)2-3-25(27(23)29)40-15-22-12-30-17-41-22/h2-3,10,12,16-17,20-21,38H,4-9,11,13-15H2,1H3,(H,31,39)(H,32,33,34)/t21-/m0/s1. The van der Waals surface area contributed by atoms with E-state index in [1.54, 1.807) is 19.2 Å². The number of benzene rings is 1. The van der Waals surface area contributed by atoms with Crippen LogP contribution in [0.5, 0.6) is 5.75 Å². The molecule has 0 saturated carbocycles. The molecule has 0 aliphatic carbocycles. The molecule has 0 spiro atoms. The van der Waals surface area contributed by atoms with Crippen molar-refractivity contribution < 1.29 is 23.8 Å². The minimum absolute atomic E-state index is 0.0842. The van der Waals surface area contributed by atoms with Crippen LogP contribution >= 0.6 is 11.6 Å². The first-order chi connectivity index (χ1) is 19.9. The van der Waals surface area contributed by atoms with E-state index in [4.69, 9.17) is 20.8 Å². The zero-order valence-corrected chi connectivity index (χ0v) is 23.6. The molecule has 1 saturated heterocycles. The lowest BCUT2D eigenvalue weighted by atomic mass is 9.99. The number of likely N-dealkylation sites (tertiary alicyclic amines) is 1. The minimum atomic E-state index is -0.758. The van der Waals surface area contributed by atoms with Crippen LogP contribution in [-0.4, -0.2) is 86.5 Å². The van der Waals surface area contributed by atoms with Gasteiger partial charge in [-0.2, -0.15) is 0 Å². The number of rotatable bonds is 10. The summed E-state index contributed by atoms with van der Waals surface area (Å²) in [4.78, 5) is 40.4. The van der Waals surface area contributed by atoms with Crippen molar-refractivity contribution in [1.29, 1.82) is 0 Å². The summed E-state index contributed by atoms with van der Waals surface area (Å²) in [6, 6.07) is 5.61. The van der Waals surface area contributed by atoms with E-state index in [1.165, 1.54) is 12.7 Å². The number of hydrogen-bond acceptors (Lipinski definition) is 10. The molecule has 3 N–H and O–H groups in total. The number of aliphatic hydroxyl groups is 1. The molecule has 12 nitrogen and oxygen atoms in total. The van der Waals surface area contributed by atoms with E-state index >= 15 is 0 Å². The van der Waals surface area contributed by atoms with E-state index < -0.39 is 6.10 Å². The number of halogens is 1. The second-order valence-corrected chi connectivity index (χ2v) is 10.7. The Kier molecular flexibility index (Phi) is 9.32. The second kappa shape index (κ2) is 13.3. The molecule has 41 heavy (non-hydrogen) atoms. The number of fused-ring (bicyclic) bond motifs is 1. The number of carbonyl (C=O) groups excluding carboxylic acids is 2. The smallest absolute Gasteiger partial charge is 0.270 e. The van der Waals surface area contributed by atoms with Crippen LogP contribution in [0.4, 0.5) is 5.82 Å². The van der Waals surface area contributed by atoms with Crippen molar-refractivity contribution in [1.82, 2.24) is 30.1 Å². The molecule has 0 unspecified atom stereocenters. The fourth-order valence-electron chi connectivity index (χ4n) is 5.15. The largest absolute Gasteiger partial charge is 0.484 e. The third kappa shape index (κ3) is 7.51. The molecular weight excluding hydrogens is 550 g/mol. The Balaban J connectivity index is 1.07. The quantitative estimate of drug-likeness (QED) is 0.325.